The molecule has 0 spiro atoms. The summed E-state index contributed by atoms with van der Waals surface area (Å²) in [5.74, 6) is 1.04. The van der Waals surface area contributed by atoms with E-state index in [-0.39, 0.29) is 11.9 Å². The van der Waals surface area contributed by atoms with Crippen LogP contribution in [0, 0.1) is 0 Å². The highest BCUT2D eigenvalue weighted by molar-refractivity contribution is 5.78. The zero-order chi connectivity index (χ0) is 21.6. The molecule has 0 aromatic heterocycles. The Morgan fingerprint density at radius 3 is 2.55 bits per heavy atom. The van der Waals surface area contributed by atoms with Gasteiger partial charge < -0.3 is 15.0 Å². The van der Waals surface area contributed by atoms with Crippen LogP contribution in [0.15, 0.2) is 42.5 Å². The number of fused-ring (bicyclic) bond motifs is 1. The van der Waals surface area contributed by atoms with Crippen LogP contribution in [0.1, 0.15) is 49.4 Å². The molecule has 1 saturated heterocycles. The Bertz CT molecular complexity index is 890. The van der Waals surface area contributed by atoms with Gasteiger partial charge in [-0.05, 0) is 68.4 Å². The zero-order valence-electron chi connectivity index (χ0n) is 18.9. The molecule has 1 aliphatic heterocycles. The van der Waals surface area contributed by atoms with Gasteiger partial charge in [-0.3, -0.25) is 9.69 Å². The van der Waals surface area contributed by atoms with Gasteiger partial charge in [-0.2, -0.15) is 0 Å². The second kappa shape index (κ2) is 10.2. The molecule has 1 N–H and O–H groups in total. The monoisotopic (exact) mass is 421 g/mol. The highest BCUT2D eigenvalue weighted by Gasteiger charge is 2.22. The van der Waals surface area contributed by atoms with Gasteiger partial charge in [0.2, 0.25) is 5.91 Å². The van der Waals surface area contributed by atoms with E-state index in [1.807, 2.05) is 19.1 Å². The number of rotatable bonds is 7. The molecule has 5 nitrogen and oxygen atoms in total. The van der Waals surface area contributed by atoms with Gasteiger partial charge in [0.1, 0.15) is 5.75 Å². The molecular formula is C26H35N3O2. The SMILES string of the molecule is CCOc1ccccc1N1CCN(CC(=O)N[C@H](C)c2ccc3c(c2)CCCC3)CC1. The lowest BCUT2D eigenvalue weighted by atomic mass is 9.89. The summed E-state index contributed by atoms with van der Waals surface area (Å²) in [5, 5.41) is 3.20. The Hall–Kier alpha value is -2.53. The first-order chi connectivity index (χ1) is 15.1. The second-order valence-electron chi connectivity index (χ2n) is 8.69. The lowest BCUT2D eigenvalue weighted by Crippen LogP contribution is -2.49. The minimum Gasteiger partial charge on any atom is -0.492 e. The lowest BCUT2D eigenvalue weighted by Gasteiger charge is -2.36. The van der Waals surface area contributed by atoms with Gasteiger partial charge in [0, 0.05) is 26.2 Å². The van der Waals surface area contributed by atoms with Crippen molar-refractivity contribution >= 4 is 11.6 Å². The van der Waals surface area contributed by atoms with Crippen LogP contribution in [0.2, 0.25) is 0 Å². The Kier molecular flexibility index (Phi) is 7.13. The van der Waals surface area contributed by atoms with E-state index in [0.29, 0.717) is 13.2 Å². The molecule has 1 fully saturated rings. The molecule has 1 amide bonds. The quantitative estimate of drug-likeness (QED) is 0.735. The number of anilines is 1. The van der Waals surface area contributed by atoms with E-state index in [2.05, 4.69) is 52.4 Å². The highest BCUT2D eigenvalue weighted by Crippen LogP contribution is 2.29. The topological polar surface area (TPSA) is 44.8 Å². The van der Waals surface area contributed by atoms with Crippen molar-refractivity contribution in [1.82, 2.24) is 10.2 Å². The smallest absolute Gasteiger partial charge is 0.234 e. The number of para-hydroxylation sites is 2. The van der Waals surface area contributed by atoms with E-state index < -0.39 is 0 Å². The van der Waals surface area contributed by atoms with Crippen molar-refractivity contribution in [3.05, 3.63) is 59.2 Å². The second-order valence-corrected chi connectivity index (χ2v) is 8.69. The van der Waals surface area contributed by atoms with Gasteiger partial charge in [-0.15, -0.1) is 0 Å². The number of carbonyl (C=O) groups is 1. The van der Waals surface area contributed by atoms with Gasteiger partial charge in [-0.25, -0.2) is 0 Å². The molecule has 1 heterocycles. The summed E-state index contributed by atoms with van der Waals surface area (Å²) in [5.41, 5.74) is 5.31. The van der Waals surface area contributed by atoms with Gasteiger partial charge in [-0.1, -0.05) is 30.3 Å². The number of benzene rings is 2. The molecule has 1 atom stereocenters. The van der Waals surface area contributed by atoms with Crippen LogP contribution in [0.5, 0.6) is 5.75 Å². The van der Waals surface area contributed by atoms with Crippen molar-refractivity contribution in [2.24, 2.45) is 0 Å². The van der Waals surface area contributed by atoms with Crippen molar-refractivity contribution in [2.45, 2.75) is 45.6 Å². The summed E-state index contributed by atoms with van der Waals surface area (Å²) >= 11 is 0. The summed E-state index contributed by atoms with van der Waals surface area (Å²) in [6.07, 6.45) is 4.93. The third-order valence-corrected chi connectivity index (χ3v) is 6.50. The minimum atomic E-state index is 0.0408. The fourth-order valence-electron chi connectivity index (χ4n) is 4.74. The molecule has 0 unspecified atom stereocenters. The van der Waals surface area contributed by atoms with E-state index in [0.717, 1.165) is 37.6 Å². The zero-order valence-corrected chi connectivity index (χ0v) is 18.9. The van der Waals surface area contributed by atoms with Crippen LogP contribution in [-0.2, 0) is 17.6 Å². The van der Waals surface area contributed by atoms with E-state index in [1.165, 1.54) is 42.4 Å². The molecule has 31 heavy (non-hydrogen) atoms. The molecule has 2 aliphatic rings. The average molecular weight is 422 g/mol. The number of carbonyl (C=O) groups excluding carboxylic acids is 1. The molecule has 166 valence electrons. The molecular weight excluding hydrogens is 386 g/mol. The predicted octanol–water partition coefficient (Wildman–Crippen LogP) is 3.96. The minimum absolute atomic E-state index is 0.0408. The molecule has 0 radical (unpaired) electrons. The molecule has 2 aromatic rings. The number of ether oxygens (including phenoxy) is 1. The van der Waals surface area contributed by atoms with Crippen molar-refractivity contribution in [3.63, 3.8) is 0 Å². The lowest BCUT2D eigenvalue weighted by molar-refractivity contribution is -0.123. The summed E-state index contributed by atoms with van der Waals surface area (Å²) in [7, 11) is 0. The fraction of sp³-hybridized carbons (Fsp3) is 0.500. The standard InChI is InChI=1S/C26H35N3O2/c1-3-31-25-11-7-6-10-24(25)29-16-14-28(15-17-29)19-26(30)27-20(2)22-13-12-21-8-4-5-9-23(21)18-22/h6-7,10-13,18,20H,3-5,8-9,14-17,19H2,1-2H3,(H,27,30)/t20-/m1/s1. The summed E-state index contributed by atoms with van der Waals surface area (Å²) in [6, 6.07) is 15.0. The number of nitrogens with zero attached hydrogens (tertiary/aromatic N) is 2. The number of aryl methyl sites for hydroxylation is 2. The molecule has 2 aromatic carbocycles. The first kappa shape index (κ1) is 21.7. The van der Waals surface area contributed by atoms with Crippen molar-refractivity contribution in [3.8, 4) is 5.75 Å². The van der Waals surface area contributed by atoms with Crippen LogP contribution in [0.3, 0.4) is 0 Å². The third kappa shape index (κ3) is 5.40. The van der Waals surface area contributed by atoms with E-state index in [1.54, 1.807) is 0 Å². The first-order valence-corrected chi connectivity index (χ1v) is 11.7. The maximum atomic E-state index is 12.7. The Labute approximate surface area is 186 Å². The maximum absolute atomic E-state index is 12.7. The Morgan fingerprint density at radius 1 is 1.03 bits per heavy atom. The number of amides is 1. The number of piperazine rings is 1. The average Bonchev–Trinajstić information content (AvgIpc) is 2.80. The molecule has 0 bridgehead atoms. The molecule has 1 aliphatic carbocycles. The van der Waals surface area contributed by atoms with Gasteiger partial charge in [0.15, 0.2) is 0 Å². The summed E-state index contributed by atoms with van der Waals surface area (Å²) < 4.78 is 5.78. The van der Waals surface area contributed by atoms with E-state index in [4.69, 9.17) is 4.74 Å². The Balaban J connectivity index is 1.27. The maximum Gasteiger partial charge on any atom is 0.234 e. The van der Waals surface area contributed by atoms with E-state index in [9.17, 15) is 4.79 Å². The summed E-state index contributed by atoms with van der Waals surface area (Å²) in [4.78, 5) is 17.3. The summed E-state index contributed by atoms with van der Waals surface area (Å²) in [6.45, 7) is 8.77. The van der Waals surface area contributed by atoms with Gasteiger partial charge in [0.05, 0.1) is 24.9 Å². The third-order valence-electron chi connectivity index (χ3n) is 6.50. The number of hydrogen-bond donors (Lipinski definition) is 1. The Morgan fingerprint density at radius 2 is 1.77 bits per heavy atom. The van der Waals surface area contributed by atoms with Crippen molar-refractivity contribution < 1.29 is 9.53 Å². The van der Waals surface area contributed by atoms with E-state index >= 15 is 0 Å². The van der Waals surface area contributed by atoms with Crippen LogP contribution in [0.25, 0.3) is 0 Å². The van der Waals surface area contributed by atoms with Crippen molar-refractivity contribution in [1.29, 1.82) is 0 Å². The largest absolute Gasteiger partial charge is 0.492 e. The van der Waals surface area contributed by atoms with Crippen LogP contribution in [-0.4, -0.2) is 50.1 Å². The molecule has 0 saturated carbocycles. The molecule has 5 heteroatoms. The fourth-order valence-corrected chi connectivity index (χ4v) is 4.74. The van der Waals surface area contributed by atoms with Crippen LogP contribution in [0.4, 0.5) is 5.69 Å². The van der Waals surface area contributed by atoms with Gasteiger partial charge >= 0.3 is 0 Å². The van der Waals surface area contributed by atoms with Crippen LogP contribution >= 0.6 is 0 Å². The highest BCUT2D eigenvalue weighted by atomic mass is 16.5. The van der Waals surface area contributed by atoms with Crippen LogP contribution < -0.4 is 15.0 Å². The molecule has 4 rings (SSSR count). The first-order valence-electron chi connectivity index (χ1n) is 11.7. The number of hydrogen-bond acceptors (Lipinski definition) is 4. The normalized spacial score (nSPS) is 17.7. The predicted molar refractivity (Wildman–Crippen MR) is 126 cm³/mol. The van der Waals surface area contributed by atoms with Crippen molar-refractivity contribution in [2.75, 3.05) is 44.2 Å². The van der Waals surface area contributed by atoms with Gasteiger partial charge in [0.25, 0.3) is 0 Å². The number of nitrogens with one attached hydrogen (secondary N) is 1.